The molecule has 0 spiro atoms. The highest BCUT2D eigenvalue weighted by Gasteiger charge is 2.17. The van der Waals surface area contributed by atoms with Gasteiger partial charge in [0, 0.05) is 23.3 Å². The Labute approximate surface area is 152 Å². The molecule has 0 aliphatic rings. The smallest absolute Gasteiger partial charge is 0.290 e. The van der Waals surface area contributed by atoms with Crippen molar-refractivity contribution in [2.75, 3.05) is 0 Å². The lowest BCUT2D eigenvalue weighted by Crippen LogP contribution is -2.42. The summed E-state index contributed by atoms with van der Waals surface area (Å²) in [4.78, 5) is 39.9. The molecule has 4 aromatic rings. The summed E-state index contributed by atoms with van der Waals surface area (Å²) < 4.78 is 1.09. The van der Waals surface area contributed by atoms with Crippen LogP contribution in [0.1, 0.15) is 21.0 Å². The van der Waals surface area contributed by atoms with E-state index in [1.807, 2.05) is 24.3 Å². The van der Waals surface area contributed by atoms with Crippen LogP contribution in [-0.2, 0) is 7.05 Å². The summed E-state index contributed by atoms with van der Waals surface area (Å²) in [6.45, 7) is 0. The SMILES string of the molecule is Cn1nc(C(=O)NNC(=O)c2cc3ccccc3[nH]2)c2ccccc2c1=O. The van der Waals surface area contributed by atoms with E-state index in [9.17, 15) is 14.4 Å². The van der Waals surface area contributed by atoms with Crippen molar-refractivity contribution in [1.29, 1.82) is 0 Å². The van der Waals surface area contributed by atoms with E-state index in [0.717, 1.165) is 15.6 Å². The average Bonchev–Trinajstić information content (AvgIpc) is 3.13. The highest BCUT2D eigenvalue weighted by molar-refractivity contribution is 6.06. The third kappa shape index (κ3) is 2.93. The molecule has 0 atom stereocenters. The molecule has 0 aliphatic heterocycles. The Morgan fingerprint density at radius 3 is 2.41 bits per heavy atom. The first-order chi connectivity index (χ1) is 13.0. The van der Waals surface area contributed by atoms with Crippen molar-refractivity contribution in [3.05, 3.63) is 76.3 Å². The fourth-order valence-electron chi connectivity index (χ4n) is 2.90. The maximum Gasteiger partial charge on any atom is 0.290 e. The monoisotopic (exact) mass is 361 g/mol. The minimum absolute atomic E-state index is 0.0460. The van der Waals surface area contributed by atoms with Crippen molar-refractivity contribution in [2.45, 2.75) is 0 Å². The lowest BCUT2D eigenvalue weighted by atomic mass is 10.1. The Bertz CT molecular complexity index is 1220. The molecule has 0 bridgehead atoms. The summed E-state index contributed by atoms with van der Waals surface area (Å²) >= 11 is 0. The number of H-pyrrole nitrogens is 1. The molecule has 27 heavy (non-hydrogen) atoms. The largest absolute Gasteiger partial charge is 0.350 e. The Kier molecular flexibility index (Phi) is 3.92. The van der Waals surface area contributed by atoms with Crippen LogP contribution >= 0.6 is 0 Å². The van der Waals surface area contributed by atoms with Crippen LogP contribution in [0.5, 0.6) is 0 Å². The molecule has 134 valence electrons. The van der Waals surface area contributed by atoms with Gasteiger partial charge >= 0.3 is 0 Å². The lowest BCUT2D eigenvalue weighted by molar-refractivity contribution is 0.0841. The van der Waals surface area contributed by atoms with Gasteiger partial charge in [-0.25, -0.2) is 4.68 Å². The Morgan fingerprint density at radius 1 is 0.963 bits per heavy atom. The molecule has 0 saturated heterocycles. The van der Waals surface area contributed by atoms with Crippen molar-refractivity contribution in [3.8, 4) is 0 Å². The van der Waals surface area contributed by atoms with E-state index in [0.29, 0.717) is 16.5 Å². The highest BCUT2D eigenvalue weighted by atomic mass is 16.2. The van der Waals surface area contributed by atoms with Gasteiger partial charge in [0.15, 0.2) is 5.69 Å². The van der Waals surface area contributed by atoms with E-state index in [-0.39, 0.29) is 11.3 Å². The van der Waals surface area contributed by atoms with Gasteiger partial charge < -0.3 is 4.98 Å². The molecule has 3 N–H and O–H groups in total. The number of rotatable bonds is 2. The third-order valence-corrected chi connectivity index (χ3v) is 4.24. The number of hydrazine groups is 1. The predicted octanol–water partition coefficient (Wildman–Crippen LogP) is 1.49. The second-order valence-electron chi connectivity index (χ2n) is 6.00. The number of aromatic nitrogens is 3. The zero-order valence-electron chi connectivity index (χ0n) is 14.3. The molecule has 4 rings (SSSR count). The van der Waals surface area contributed by atoms with Gasteiger partial charge in [0.05, 0.1) is 5.39 Å². The van der Waals surface area contributed by atoms with Crippen LogP contribution in [0, 0.1) is 0 Å². The van der Waals surface area contributed by atoms with Gasteiger partial charge in [-0.1, -0.05) is 36.4 Å². The number of para-hydroxylation sites is 1. The number of amides is 2. The zero-order chi connectivity index (χ0) is 19.0. The molecular formula is C19H15N5O3. The van der Waals surface area contributed by atoms with Crippen molar-refractivity contribution in [1.82, 2.24) is 25.6 Å². The number of hydrogen-bond donors (Lipinski definition) is 3. The zero-order valence-corrected chi connectivity index (χ0v) is 14.3. The predicted molar refractivity (Wildman–Crippen MR) is 100 cm³/mol. The van der Waals surface area contributed by atoms with E-state index in [1.54, 1.807) is 30.3 Å². The van der Waals surface area contributed by atoms with E-state index in [2.05, 4.69) is 20.9 Å². The Hall–Kier alpha value is -3.94. The van der Waals surface area contributed by atoms with Gasteiger partial charge in [0.1, 0.15) is 5.69 Å². The van der Waals surface area contributed by atoms with Crippen LogP contribution in [0.3, 0.4) is 0 Å². The van der Waals surface area contributed by atoms with E-state index in [1.165, 1.54) is 7.05 Å². The van der Waals surface area contributed by atoms with Gasteiger partial charge in [-0.3, -0.25) is 25.2 Å². The first-order valence-electron chi connectivity index (χ1n) is 8.19. The second kappa shape index (κ2) is 6.41. The number of fused-ring (bicyclic) bond motifs is 2. The molecule has 2 aromatic carbocycles. The molecule has 0 aliphatic carbocycles. The Balaban J connectivity index is 1.58. The fourth-order valence-corrected chi connectivity index (χ4v) is 2.90. The van der Waals surface area contributed by atoms with Crippen molar-refractivity contribution >= 4 is 33.5 Å². The maximum absolute atomic E-state index is 12.5. The average molecular weight is 361 g/mol. The molecule has 8 heteroatoms. The number of carbonyl (C=O) groups is 2. The number of hydrogen-bond acceptors (Lipinski definition) is 4. The number of aryl methyl sites for hydroxylation is 1. The van der Waals surface area contributed by atoms with Crippen molar-refractivity contribution in [2.24, 2.45) is 7.05 Å². The first-order valence-corrected chi connectivity index (χ1v) is 8.19. The van der Waals surface area contributed by atoms with Gasteiger partial charge in [-0.05, 0) is 18.2 Å². The van der Waals surface area contributed by atoms with Crippen molar-refractivity contribution in [3.63, 3.8) is 0 Å². The molecular weight excluding hydrogens is 346 g/mol. The standard InChI is InChI=1S/C19H15N5O3/c1-24-19(27)13-8-4-3-7-12(13)16(23-24)18(26)22-21-17(25)15-10-11-6-2-5-9-14(11)20-15/h2-10,20H,1H3,(H,21,25)(H,22,26). The highest BCUT2D eigenvalue weighted by Crippen LogP contribution is 2.15. The minimum Gasteiger partial charge on any atom is -0.350 e. The third-order valence-electron chi connectivity index (χ3n) is 4.24. The van der Waals surface area contributed by atoms with Crippen LogP contribution in [-0.4, -0.2) is 26.6 Å². The van der Waals surface area contributed by atoms with E-state index < -0.39 is 11.8 Å². The molecule has 0 unspecified atom stereocenters. The van der Waals surface area contributed by atoms with Crippen molar-refractivity contribution < 1.29 is 9.59 Å². The van der Waals surface area contributed by atoms with Crippen LogP contribution in [0.4, 0.5) is 0 Å². The summed E-state index contributed by atoms with van der Waals surface area (Å²) in [7, 11) is 1.47. The van der Waals surface area contributed by atoms with Crippen LogP contribution < -0.4 is 16.4 Å². The second-order valence-corrected chi connectivity index (χ2v) is 6.00. The minimum atomic E-state index is -0.619. The molecule has 0 radical (unpaired) electrons. The fraction of sp³-hybridized carbons (Fsp3) is 0.0526. The topological polar surface area (TPSA) is 109 Å². The number of nitrogens with one attached hydrogen (secondary N) is 3. The van der Waals surface area contributed by atoms with Gasteiger partial charge in [-0.2, -0.15) is 5.10 Å². The number of aromatic amines is 1. The van der Waals surface area contributed by atoms with Crippen LogP contribution in [0.25, 0.3) is 21.7 Å². The number of nitrogens with zero attached hydrogens (tertiary/aromatic N) is 2. The van der Waals surface area contributed by atoms with Gasteiger partial charge in [0.25, 0.3) is 17.4 Å². The van der Waals surface area contributed by atoms with Crippen LogP contribution in [0.15, 0.2) is 59.4 Å². The quantitative estimate of drug-likeness (QED) is 0.470. The Morgan fingerprint density at radius 2 is 1.63 bits per heavy atom. The number of benzene rings is 2. The molecule has 2 amide bonds. The van der Waals surface area contributed by atoms with Crippen LogP contribution in [0.2, 0.25) is 0 Å². The summed E-state index contributed by atoms with van der Waals surface area (Å²) in [5, 5.41) is 5.70. The normalized spacial score (nSPS) is 10.9. The molecule has 2 heterocycles. The van der Waals surface area contributed by atoms with Gasteiger partial charge in [0.2, 0.25) is 0 Å². The van der Waals surface area contributed by atoms with Gasteiger partial charge in [-0.15, -0.1) is 0 Å². The molecule has 8 nitrogen and oxygen atoms in total. The lowest BCUT2D eigenvalue weighted by Gasteiger charge is -2.09. The number of carbonyl (C=O) groups excluding carboxylic acids is 2. The summed E-state index contributed by atoms with van der Waals surface area (Å²) in [5.41, 5.74) is 5.58. The maximum atomic E-state index is 12.5. The summed E-state index contributed by atoms with van der Waals surface area (Å²) in [5.74, 6) is -1.11. The van der Waals surface area contributed by atoms with E-state index >= 15 is 0 Å². The van der Waals surface area contributed by atoms with E-state index in [4.69, 9.17) is 0 Å². The first kappa shape index (κ1) is 16.5. The molecule has 0 saturated carbocycles. The summed E-state index contributed by atoms with van der Waals surface area (Å²) in [6.07, 6.45) is 0. The summed E-state index contributed by atoms with van der Waals surface area (Å²) in [6, 6.07) is 15.8. The molecule has 0 fully saturated rings. The molecule has 2 aromatic heterocycles.